The van der Waals surface area contributed by atoms with Crippen LogP contribution in [0.15, 0.2) is 0 Å². The van der Waals surface area contributed by atoms with E-state index >= 15 is 0 Å². The lowest BCUT2D eigenvalue weighted by Crippen LogP contribution is -2.52. The van der Waals surface area contributed by atoms with Crippen molar-refractivity contribution in [3.63, 3.8) is 0 Å². The molecule has 1 amide bonds. The Labute approximate surface area is 85.6 Å². The van der Waals surface area contributed by atoms with Crippen LogP contribution in [0, 0.1) is 0 Å². The Bertz CT molecular complexity index is 206. The van der Waals surface area contributed by atoms with Gasteiger partial charge in [0, 0.05) is 18.6 Å². The highest BCUT2D eigenvalue weighted by Gasteiger charge is 2.28. The molecule has 14 heavy (non-hydrogen) atoms. The summed E-state index contributed by atoms with van der Waals surface area (Å²) >= 11 is 0. The number of amides is 1. The Morgan fingerprint density at radius 1 is 1.57 bits per heavy atom. The fourth-order valence-electron chi connectivity index (χ4n) is 1.41. The summed E-state index contributed by atoms with van der Waals surface area (Å²) in [6.07, 6.45) is -0.307. The number of nitrogens with one attached hydrogen (secondary N) is 1. The standard InChI is InChI=1S/C10H20N2O2/c1-7(2)11-10(13)9-5-12(4)8(3)6-14-9/h7-9H,5-6H2,1-4H3,(H,11,13). The van der Waals surface area contributed by atoms with Crippen LogP contribution in [0.3, 0.4) is 0 Å². The van der Waals surface area contributed by atoms with Gasteiger partial charge in [-0.15, -0.1) is 0 Å². The number of likely N-dealkylation sites (N-methyl/N-ethyl adjacent to an activating group) is 1. The van der Waals surface area contributed by atoms with E-state index in [9.17, 15) is 4.79 Å². The van der Waals surface area contributed by atoms with Gasteiger partial charge >= 0.3 is 0 Å². The van der Waals surface area contributed by atoms with Crippen molar-refractivity contribution in [2.24, 2.45) is 0 Å². The molecule has 0 aromatic heterocycles. The topological polar surface area (TPSA) is 41.6 Å². The zero-order valence-corrected chi connectivity index (χ0v) is 9.41. The Balaban J connectivity index is 2.42. The minimum atomic E-state index is -0.307. The molecule has 1 rings (SSSR count). The van der Waals surface area contributed by atoms with E-state index in [4.69, 9.17) is 4.74 Å². The number of carbonyl (C=O) groups is 1. The van der Waals surface area contributed by atoms with Gasteiger partial charge in [-0.1, -0.05) is 0 Å². The number of hydrogen-bond acceptors (Lipinski definition) is 3. The highest BCUT2D eigenvalue weighted by atomic mass is 16.5. The molecule has 0 spiro atoms. The maximum absolute atomic E-state index is 11.6. The van der Waals surface area contributed by atoms with Gasteiger partial charge in [-0.05, 0) is 27.8 Å². The fourth-order valence-corrected chi connectivity index (χ4v) is 1.41. The molecule has 1 N–H and O–H groups in total. The summed E-state index contributed by atoms with van der Waals surface area (Å²) in [7, 11) is 2.02. The SMILES string of the molecule is CC(C)NC(=O)C1CN(C)C(C)CO1. The van der Waals surface area contributed by atoms with Crippen molar-refractivity contribution in [1.29, 1.82) is 0 Å². The molecular weight excluding hydrogens is 180 g/mol. The predicted molar refractivity (Wildman–Crippen MR) is 55.1 cm³/mol. The van der Waals surface area contributed by atoms with Crippen LogP contribution in [-0.4, -0.2) is 49.2 Å². The Morgan fingerprint density at radius 3 is 2.71 bits per heavy atom. The van der Waals surface area contributed by atoms with Crippen LogP contribution in [0.1, 0.15) is 20.8 Å². The summed E-state index contributed by atoms with van der Waals surface area (Å²) in [5.74, 6) is -0.00116. The summed E-state index contributed by atoms with van der Waals surface area (Å²) in [6.45, 7) is 7.31. The van der Waals surface area contributed by atoms with E-state index in [1.807, 2.05) is 20.9 Å². The van der Waals surface area contributed by atoms with Gasteiger partial charge in [0.15, 0.2) is 0 Å². The Morgan fingerprint density at radius 2 is 2.21 bits per heavy atom. The van der Waals surface area contributed by atoms with E-state index in [0.29, 0.717) is 19.2 Å². The lowest BCUT2D eigenvalue weighted by molar-refractivity contribution is -0.141. The van der Waals surface area contributed by atoms with Crippen LogP contribution in [0.4, 0.5) is 0 Å². The molecule has 2 atom stereocenters. The monoisotopic (exact) mass is 200 g/mol. The van der Waals surface area contributed by atoms with Gasteiger partial charge in [0.2, 0.25) is 0 Å². The Kier molecular flexibility index (Phi) is 3.89. The molecule has 0 aliphatic carbocycles. The van der Waals surface area contributed by atoms with Gasteiger partial charge in [-0.25, -0.2) is 0 Å². The minimum absolute atomic E-state index is 0.00116. The van der Waals surface area contributed by atoms with Crippen LogP contribution in [0.25, 0.3) is 0 Å². The highest BCUT2D eigenvalue weighted by molar-refractivity contribution is 5.81. The van der Waals surface area contributed by atoms with E-state index in [1.54, 1.807) is 0 Å². The maximum Gasteiger partial charge on any atom is 0.250 e. The van der Waals surface area contributed by atoms with Gasteiger partial charge < -0.3 is 10.1 Å². The first-order valence-corrected chi connectivity index (χ1v) is 5.13. The average Bonchev–Trinajstić information content (AvgIpc) is 2.08. The quantitative estimate of drug-likeness (QED) is 0.694. The largest absolute Gasteiger partial charge is 0.365 e. The molecule has 82 valence electrons. The number of ether oxygens (including phenoxy) is 1. The van der Waals surface area contributed by atoms with E-state index in [0.717, 1.165) is 0 Å². The van der Waals surface area contributed by atoms with Crippen molar-refractivity contribution in [1.82, 2.24) is 10.2 Å². The molecule has 1 aliphatic heterocycles. The van der Waals surface area contributed by atoms with Crippen LogP contribution in [0.2, 0.25) is 0 Å². The van der Waals surface area contributed by atoms with Gasteiger partial charge in [-0.3, -0.25) is 9.69 Å². The first kappa shape index (κ1) is 11.5. The molecule has 1 heterocycles. The zero-order chi connectivity index (χ0) is 10.7. The second kappa shape index (κ2) is 4.75. The van der Waals surface area contributed by atoms with E-state index in [1.165, 1.54) is 0 Å². The van der Waals surface area contributed by atoms with E-state index in [2.05, 4.69) is 17.1 Å². The third-order valence-electron chi connectivity index (χ3n) is 2.47. The molecule has 1 fully saturated rings. The molecule has 0 aromatic carbocycles. The van der Waals surface area contributed by atoms with Gasteiger partial charge in [0.05, 0.1) is 6.61 Å². The molecule has 1 saturated heterocycles. The van der Waals surface area contributed by atoms with Crippen LogP contribution in [-0.2, 0) is 9.53 Å². The fraction of sp³-hybridized carbons (Fsp3) is 0.900. The van der Waals surface area contributed by atoms with E-state index in [-0.39, 0.29) is 18.1 Å². The summed E-state index contributed by atoms with van der Waals surface area (Å²) in [5, 5.41) is 2.86. The third-order valence-corrected chi connectivity index (χ3v) is 2.47. The predicted octanol–water partition coefficient (Wildman–Crippen LogP) is 0.230. The Hall–Kier alpha value is -0.610. The molecule has 4 heteroatoms. The molecule has 4 nitrogen and oxygen atoms in total. The maximum atomic E-state index is 11.6. The number of morpholine rings is 1. The number of carbonyl (C=O) groups excluding carboxylic acids is 1. The summed E-state index contributed by atoms with van der Waals surface area (Å²) in [5.41, 5.74) is 0. The molecular formula is C10H20N2O2. The minimum Gasteiger partial charge on any atom is -0.365 e. The lowest BCUT2D eigenvalue weighted by Gasteiger charge is -2.34. The second-order valence-corrected chi connectivity index (χ2v) is 4.27. The van der Waals surface area contributed by atoms with Crippen LogP contribution < -0.4 is 5.32 Å². The van der Waals surface area contributed by atoms with Gasteiger partial charge in [-0.2, -0.15) is 0 Å². The van der Waals surface area contributed by atoms with Crippen molar-refractivity contribution in [3.05, 3.63) is 0 Å². The first-order valence-electron chi connectivity index (χ1n) is 5.13. The summed E-state index contributed by atoms with van der Waals surface area (Å²) in [6, 6.07) is 0.578. The number of rotatable bonds is 2. The van der Waals surface area contributed by atoms with Crippen LogP contribution in [0.5, 0.6) is 0 Å². The third kappa shape index (κ3) is 2.96. The molecule has 0 radical (unpaired) electrons. The van der Waals surface area contributed by atoms with Crippen molar-refractivity contribution in [2.45, 2.75) is 39.0 Å². The van der Waals surface area contributed by atoms with Gasteiger partial charge in [0.25, 0.3) is 5.91 Å². The second-order valence-electron chi connectivity index (χ2n) is 4.27. The van der Waals surface area contributed by atoms with Crippen molar-refractivity contribution >= 4 is 5.91 Å². The van der Waals surface area contributed by atoms with Crippen molar-refractivity contribution in [2.75, 3.05) is 20.2 Å². The lowest BCUT2D eigenvalue weighted by atomic mass is 10.2. The average molecular weight is 200 g/mol. The molecule has 0 saturated carbocycles. The van der Waals surface area contributed by atoms with Gasteiger partial charge in [0.1, 0.15) is 6.10 Å². The van der Waals surface area contributed by atoms with Crippen LogP contribution >= 0.6 is 0 Å². The number of nitrogens with zero attached hydrogens (tertiary/aromatic N) is 1. The summed E-state index contributed by atoms with van der Waals surface area (Å²) in [4.78, 5) is 13.7. The van der Waals surface area contributed by atoms with E-state index < -0.39 is 0 Å². The van der Waals surface area contributed by atoms with Crippen molar-refractivity contribution < 1.29 is 9.53 Å². The molecule has 1 aliphatic rings. The number of hydrogen-bond donors (Lipinski definition) is 1. The normalized spacial score (nSPS) is 29.2. The molecule has 0 aromatic rings. The molecule has 0 bridgehead atoms. The smallest absolute Gasteiger partial charge is 0.250 e. The first-order chi connectivity index (χ1) is 6.50. The van der Waals surface area contributed by atoms with Crippen molar-refractivity contribution in [3.8, 4) is 0 Å². The summed E-state index contributed by atoms with van der Waals surface area (Å²) < 4.78 is 5.47. The molecule has 2 unspecified atom stereocenters. The zero-order valence-electron chi connectivity index (χ0n) is 9.41. The highest BCUT2D eigenvalue weighted by Crippen LogP contribution is 2.09.